The minimum atomic E-state index is -0.274. The third-order valence-electron chi connectivity index (χ3n) is 7.54. The van der Waals surface area contributed by atoms with Gasteiger partial charge < -0.3 is 9.47 Å². The van der Waals surface area contributed by atoms with E-state index in [1.807, 2.05) is 0 Å². The molecular formula is C18H30O2. The molecule has 4 rings (SSSR count). The van der Waals surface area contributed by atoms with Crippen LogP contribution in [-0.2, 0) is 9.47 Å². The molecule has 2 nitrogen and oxygen atoms in total. The zero-order valence-electron chi connectivity index (χ0n) is 13.6. The van der Waals surface area contributed by atoms with E-state index in [1.165, 1.54) is 38.5 Å². The highest BCUT2D eigenvalue weighted by molar-refractivity contribution is 5.13. The number of hydrogen-bond acceptors (Lipinski definition) is 2. The summed E-state index contributed by atoms with van der Waals surface area (Å²) in [4.78, 5) is 0. The van der Waals surface area contributed by atoms with Crippen molar-refractivity contribution in [2.75, 3.05) is 6.61 Å². The molecule has 2 heteroatoms. The van der Waals surface area contributed by atoms with Crippen LogP contribution in [0.2, 0.25) is 0 Å². The summed E-state index contributed by atoms with van der Waals surface area (Å²) in [5.41, 5.74) is 1.06. The van der Waals surface area contributed by atoms with Crippen molar-refractivity contribution in [2.45, 2.75) is 84.0 Å². The molecule has 4 aliphatic rings. The van der Waals surface area contributed by atoms with Gasteiger partial charge >= 0.3 is 0 Å². The largest absolute Gasteiger partial charge is 0.350 e. The van der Waals surface area contributed by atoms with E-state index in [4.69, 9.17) is 9.47 Å². The summed E-state index contributed by atoms with van der Waals surface area (Å²) in [6.07, 6.45) is 9.08. The smallest absolute Gasteiger partial charge is 0.166 e. The number of ether oxygens (including phenoxy) is 2. The molecule has 0 amide bonds. The van der Waals surface area contributed by atoms with Crippen molar-refractivity contribution in [3.63, 3.8) is 0 Å². The second-order valence-electron chi connectivity index (χ2n) is 9.10. The summed E-state index contributed by atoms with van der Waals surface area (Å²) in [6.45, 7) is 10.6. The topological polar surface area (TPSA) is 18.5 Å². The second-order valence-corrected chi connectivity index (χ2v) is 9.10. The monoisotopic (exact) mass is 278 g/mol. The maximum Gasteiger partial charge on any atom is 0.166 e. The van der Waals surface area contributed by atoms with Crippen molar-refractivity contribution in [2.24, 2.45) is 22.7 Å². The van der Waals surface area contributed by atoms with Gasteiger partial charge in [0.25, 0.3) is 0 Å². The summed E-state index contributed by atoms with van der Waals surface area (Å²) in [7, 11) is 0. The Morgan fingerprint density at radius 3 is 2.45 bits per heavy atom. The Morgan fingerprint density at radius 2 is 1.65 bits per heavy atom. The third kappa shape index (κ3) is 1.58. The molecule has 20 heavy (non-hydrogen) atoms. The summed E-state index contributed by atoms with van der Waals surface area (Å²) in [5.74, 6) is 1.18. The molecule has 2 saturated carbocycles. The van der Waals surface area contributed by atoms with Crippen molar-refractivity contribution in [3.05, 3.63) is 0 Å². The minimum absolute atomic E-state index is 0.145. The highest BCUT2D eigenvalue weighted by atomic mass is 16.7. The average molecular weight is 278 g/mol. The maximum absolute atomic E-state index is 6.54. The van der Waals surface area contributed by atoms with Crippen LogP contribution in [0.25, 0.3) is 0 Å². The van der Waals surface area contributed by atoms with Crippen LogP contribution in [0.5, 0.6) is 0 Å². The van der Waals surface area contributed by atoms with Gasteiger partial charge in [-0.15, -0.1) is 0 Å². The number of rotatable bonds is 0. The fourth-order valence-electron chi connectivity index (χ4n) is 6.56. The lowest BCUT2D eigenvalue weighted by atomic mass is 9.45. The van der Waals surface area contributed by atoms with E-state index >= 15 is 0 Å². The third-order valence-corrected chi connectivity index (χ3v) is 7.54. The lowest BCUT2D eigenvalue weighted by molar-refractivity contribution is -0.337. The van der Waals surface area contributed by atoms with Crippen LogP contribution in [-0.4, -0.2) is 18.0 Å². The highest BCUT2D eigenvalue weighted by Crippen LogP contribution is 2.67. The van der Waals surface area contributed by atoms with Crippen LogP contribution in [0.3, 0.4) is 0 Å². The van der Waals surface area contributed by atoms with Gasteiger partial charge in [-0.2, -0.15) is 0 Å². The number of fused-ring (bicyclic) bond motifs is 3. The molecule has 1 spiro atoms. The lowest BCUT2D eigenvalue weighted by Crippen LogP contribution is -2.62. The fourth-order valence-corrected chi connectivity index (χ4v) is 6.56. The van der Waals surface area contributed by atoms with E-state index in [0.29, 0.717) is 16.7 Å². The zero-order valence-corrected chi connectivity index (χ0v) is 13.6. The maximum atomic E-state index is 6.54. The van der Waals surface area contributed by atoms with Crippen LogP contribution >= 0.6 is 0 Å². The van der Waals surface area contributed by atoms with E-state index in [9.17, 15) is 0 Å². The quantitative estimate of drug-likeness (QED) is 0.648. The van der Waals surface area contributed by atoms with Crippen molar-refractivity contribution >= 4 is 0 Å². The first kappa shape index (κ1) is 13.6. The van der Waals surface area contributed by atoms with Gasteiger partial charge in [-0.05, 0) is 55.8 Å². The Bertz CT molecular complexity index is 431. The van der Waals surface area contributed by atoms with Crippen molar-refractivity contribution in [1.29, 1.82) is 0 Å². The van der Waals surface area contributed by atoms with E-state index in [0.717, 1.165) is 18.9 Å². The Labute approximate surface area is 123 Å². The van der Waals surface area contributed by atoms with Crippen LogP contribution in [0.4, 0.5) is 0 Å². The van der Waals surface area contributed by atoms with Crippen LogP contribution in [0.15, 0.2) is 0 Å². The van der Waals surface area contributed by atoms with Gasteiger partial charge in [0.15, 0.2) is 5.79 Å². The molecule has 2 aliphatic heterocycles. The van der Waals surface area contributed by atoms with E-state index < -0.39 is 0 Å². The average Bonchev–Trinajstić information content (AvgIpc) is 2.58. The molecule has 5 unspecified atom stereocenters. The molecule has 2 bridgehead atoms. The molecule has 0 aromatic rings. The molecule has 5 atom stereocenters. The summed E-state index contributed by atoms with van der Waals surface area (Å²) in [5, 5.41) is 0. The van der Waals surface area contributed by atoms with E-state index in [2.05, 4.69) is 27.7 Å². The van der Waals surface area contributed by atoms with Crippen molar-refractivity contribution in [1.82, 2.24) is 0 Å². The Morgan fingerprint density at radius 1 is 0.850 bits per heavy atom. The molecule has 2 aliphatic carbocycles. The summed E-state index contributed by atoms with van der Waals surface area (Å²) < 4.78 is 12.7. The van der Waals surface area contributed by atoms with Crippen molar-refractivity contribution in [3.8, 4) is 0 Å². The first-order valence-electron chi connectivity index (χ1n) is 8.64. The van der Waals surface area contributed by atoms with Gasteiger partial charge in [-0.3, -0.25) is 0 Å². The highest BCUT2D eigenvalue weighted by Gasteiger charge is 2.66. The molecule has 0 aromatic heterocycles. The standard InChI is InChI=1S/C18H30O2/c1-15(2)7-5-8-16(3)13(15)6-9-18-11-10-17(4,20-18)19-12-14(16)18/h13-14H,5-12H2,1-4H3. The molecule has 2 heterocycles. The first-order chi connectivity index (χ1) is 9.30. The zero-order chi connectivity index (χ0) is 14.2. The SMILES string of the molecule is CC12CCC3(CCC4C(C)(C)CCCC4(C)C3CO1)O2. The Kier molecular flexibility index (Phi) is 2.59. The second kappa shape index (κ2) is 3.81. The first-order valence-corrected chi connectivity index (χ1v) is 8.64. The van der Waals surface area contributed by atoms with Gasteiger partial charge in [-0.1, -0.05) is 27.2 Å². The van der Waals surface area contributed by atoms with Gasteiger partial charge in [0.2, 0.25) is 0 Å². The summed E-state index contributed by atoms with van der Waals surface area (Å²) >= 11 is 0. The molecule has 0 N–H and O–H groups in total. The molecule has 0 radical (unpaired) electrons. The van der Waals surface area contributed by atoms with Crippen LogP contribution in [0.1, 0.15) is 72.6 Å². The Balaban J connectivity index is 1.73. The van der Waals surface area contributed by atoms with E-state index in [-0.39, 0.29) is 11.4 Å². The van der Waals surface area contributed by atoms with E-state index in [1.54, 1.807) is 0 Å². The normalized spacial score (nSPS) is 57.0. The van der Waals surface area contributed by atoms with Crippen LogP contribution in [0, 0.1) is 22.7 Å². The molecular weight excluding hydrogens is 248 g/mol. The van der Waals surface area contributed by atoms with Gasteiger partial charge in [0.05, 0.1) is 12.2 Å². The van der Waals surface area contributed by atoms with Gasteiger partial charge in [-0.25, -0.2) is 0 Å². The molecule has 2 saturated heterocycles. The van der Waals surface area contributed by atoms with Gasteiger partial charge in [0, 0.05) is 12.3 Å². The molecule has 0 aromatic carbocycles. The van der Waals surface area contributed by atoms with Crippen molar-refractivity contribution < 1.29 is 9.47 Å². The minimum Gasteiger partial charge on any atom is -0.350 e. The Hall–Kier alpha value is -0.0800. The lowest BCUT2D eigenvalue weighted by Gasteiger charge is -2.63. The van der Waals surface area contributed by atoms with Crippen LogP contribution < -0.4 is 0 Å². The molecule has 114 valence electrons. The predicted molar refractivity (Wildman–Crippen MR) is 79.4 cm³/mol. The predicted octanol–water partition coefficient (Wildman–Crippen LogP) is 4.52. The summed E-state index contributed by atoms with van der Waals surface area (Å²) in [6, 6.07) is 0. The molecule has 4 fully saturated rings. The number of hydrogen-bond donors (Lipinski definition) is 0. The van der Waals surface area contributed by atoms with Gasteiger partial charge in [0.1, 0.15) is 0 Å². The fraction of sp³-hybridized carbons (Fsp3) is 1.00.